The van der Waals surface area contributed by atoms with E-state index in [0.29, 0.717) is 0 Å². The van der Waals surface area contributed by atoms with E-state index in [4.69, 9.17) is 66.8 Å². The molecule has 4 aromatic carbocycles. The van der Waals surface area contributed by atoms with E-state index >= 15 is 0 Å². The first-order chi connectivity index (χ1) is 30.6. The molecule has 0 bridgehead atoms. The van der Waals surface area contributed by atoms with E-state index in [1.807, 2.05) is 0 Å². The van der Waals surface area contributed by atoms with E-state index in [9.17, 15) is 95.2 Å². The van der Waals surface area contributed by atoms with E-state index in [1.54, 1.807) is 0 Å². The van der Waals surface area contributed by atoms with Gasteiger partial charge in [-0.1, -0.05) is 94.9 Å². The zero-order valence-electron chi connectivity index (χ0n) is 33.7. The van der Waals surface area contributed by atoms with Crippen molar-refractivity contribution in [3.63, 3.8) is 0 Å². The minimum atomic E-state index is -5.72. The Hall–Kier alpha value is 1.05. The SMILES string of the molecule is O=P([O-])([O-])C(O)P(=O)([O-])Oc1ccccc1Cl.O=P([O-])([O-])C(O)P(=O)([O-])Oc1ccccc1Cl.O=P([O-])([O-])C(O)P(=O)([O-])Oc1ccccc1Cl.O=P([O-])([O-])C(O)P(=O)([O-])Oc1ccccc1Cl.[Hf+4].[Hf+4].[Hf+4]. The maximum Gasteiger partial charge on any atom is 4.00 e. The number of aliphatic hydroxyl groups is 4. The molecular weight excluding hydrogens is 1710 g/mol. The van der Waals surface area contributed by atoms with E-state index in [-0.39, 0.29) is 121 Å². The van der Waals surface area contributed by atoms with Crippen LogP contribution in [-0.2, 0) is 114 Å². The molecule has 0 heterocycles. The second kappa shape index (κ2) is 31.6. The van der Waals surface area contributed by atoms with Gasteiger partial charge in [0, 0.05) is 0 Å². The Morgan fingerprint density at radius 3 is 0.549 bits per heavy atom. The third-order valence-corrected chi connectivity index (χ3v) is 20.9. The van der Waals surface area contributed by atoms with Crippen molar-refractivity contribution < 1.29 is 211 Å². The van der Waals surface area contributed by atoms with Gasteiger partial charge in [-0.15, -0.1) is 0 Å². The molecule has 71 heavy (non-hydrogen) atoms. The Labute approximate surface area is 476 Å². The summed E-state index contributed by atoms with van der Waals surface area (Å²) in [6.07, 6.45) is 0. The summed E-state index contributed by atoms with van der Waals surface area (Å²) in [6.45, 7) is 0. The maximum atomic E-state index is 11.2. The number of hydrogen-bond acceptors (Lipinski definition) is 28. The van der Waals surface area contributed by atoms with Gasteiger partial charge in [0.05, 0.1) is 20.1 Å². The average Bonchev–Trinajstić information content (AvgIpc) is 3.19. The first-order valence-electron chi connectivity index (χ1n) is 16.4. The topological polar surface area (TPSA) is 531 Å². The number of rotatable bonds is 16. The van der Waals surface area contributed by atoms with Crippen molar-refractivity contribution >= 4 is 107 Å². The van der Waals surface area contributed by atoms with Crippen molar-refractivity contribution in [2.75, 3.05) is 0 Å². The number of halogens is 4. The van der Waals surface area contributed by atoms with Gasteiger partial charge in [0.1, 0.15) is 23.0 Å². The van der Waals surface area contributed by atoms with E-state index in [1.165, 1.54) is 72.8 Å². The predicted molar refractivity (Wildman–Crippen MR) is 213 cm³/mol. The zero-order valence-corrected chi connectivity index (χ0v) is 54.7. The largest absolute Gasteiger partial charge is 4.00 e. The van der Waals surface area contributed by atoms with Gasteiger partial charge in [0.15, 0.2) is 22.3 Å². The van der Waals surface area contributed by atoms with Crippen LogP contribution < -0.4 is 76.8 Å². The molecule has 8 atom stereocenters. The van der Waals surface area contributed by atoms with Crippen molar-refractivity contribution in [3.8, 4) is 23.0 Å². The Morgan fingerprint density at radius 2 is 0.437 bits per heavy atom. The molecule has 43 heteroatoms. The van der Waals surface area contributed by atoms with Gasteiger partial charge in [-0.05, 0) is 78.9 Å². The molecule has 4 N–H and O–H groups in total. The molecule has 0 fully saturated rings. The van der Waals surface area contributed by atoms with Gasteiger partial charge < -0.3 is 116 Å². The molecule has 0 aromatic heterocycles. The number of benzene rings is 4. The summed E-state index contributed by atoms with van der Waals surface area (Å²) in [4.78, 5) is 128. The fourth-order valence-electron chi connectivity index (χ4n) is 3.50. The molecule has 0 spiro atoms. The van der Waals surface area contributed by atoms with E-state index in [2.05, 4.69) is 18.1 Å². The molecule has 8 unspecified atom stereocenters. The third-order valence-electron chi connectivity index (χ3n) is 6.51. The molecule has 4 rings (SSSR count). The number of aliphatic hydroxyl groups excluding tert-OH is 4. The molecule has 0 saturated heterocycles. The molecule has 0 saturated carbocycles. The second-order valence-corrected chi connectivity index (χ2v) is 28.3. The number of hydrogen-bond donors (Lipinski definition) is 4. The van der Waals surface area contributed by atoms with Gasteiger partial charge in [-0.2, -0.15) is 0 Å². The molecule has 384 valence electrons. The van der Waals surface area contributed by atoms with E-state index in [0.717, 1.165) is 24.3 Å². The first-order valence-corrected chi connectivity index (χ1v) is 30.8. The van der Waals surface area contributed by atoms with Crippen LogP contribution in [0.2, 0.25) is 20.1 Å². The Kier molecular flexibility index (Phi) is 33.9. The van der Waals surface area contributed by atoms with Crippen LogP contribution in [0.15, 0.2) is 97.1 Å². The standard InChI is InChI=1S/4C7H9ClO7P2.3Hf/c4*8-5-3-1-2-4-6(5)15-17(13,14)7(9)16(10,11)12;;;/h4*1-4,7,9H,(H,13,14)(H2,10,11,12);;;/q;;;;3*+4/p-12. The van der Waals surface area contributed by atoms with Crippen LogP contribution in [0.4, 0.5) is 0 Å². The second-order valence-electron chi connectivity index (χ2n) is 11.8. The quantitative estimate of drug-likeness (QED) is 0.0685. The Balaban J connectivity index is -0.000000856. The summed E-state index contributed by atoms with van der Waals surface area (Å²) >= 11 is 22.2. The summed E-state index contributed by atoms with van der Waals surface area (Å²) in [6, 6.07) is 21.1. The predicted octanol–water partition coefficient (Wildman–Crippen LogP) is -2.16. The zero-order chi connectivity index (χ0) is 53.1. The molecular formula is C28H24Cl4Hf3O28P8. The maximum absolute atomic E-state index is 11.2. The summed E-state index contributed by atoms with van der Waals surface area (Å²) < 4.78 is 104. The monoisotopic (exact) mass is 1740 g/mol. The summed E-state index contributed by atoms with van der Waals surface area (Å²) in [5.41, 5.74) is -12.6. The smallest absolute Gasteiger partial charge is 0.809 e. The molecule has 0 aliphatic heterocycles. The van der Waals surface area contributed by atoms with Crippen LogP contribution in [-0.4, -0.2) is 42.8 Å². The van der Waals surface area contributed by atoms with E-state index < -0.39 is 83.1 Å². The van der Waals surface area contributed by atoms with Gasteiger partial charge in [0.2, 0.25) is 30.4 Å². The minimum Gasteiger partial charge on any atom is -0.809 e. The average molecular weight is 1730 g/mol. The van der Waals surface area contributed by atoms with Crippen molar-refractivity contribution in [3.05, 3.63) is 117 Å². The summed E-state index contributed by atoms with van der Waals surface area (Å²) in [7, 11) is -44.2. The Bertz CT molecular complexity index is 2380. The molecule has 28 nitrogen and oxygen atoms in total. The van der Waals surface area contributed by atoms with Gasteiger partial charge in [-0.25, -0.2) is 0 Å². The van der Waals surface area contributed by atoms with Crippen molar-refractivity contribution in [1.29, 1.82) is 0 Å². The van der Waals surface area contributed by atoms with Crippen LogP contribution in [0, 0.1) is 0 Å². The van der Waals surface area contributed by atoms with Gasteiger partial charge >= 0.3 is 77.5 Å². The van der Waals surface area contributed by atoms with Crippen LogP contribution in [0.25, 0.3) is 0 Å². The van der Waals surface area contributed by atoms with Gasteiger partial charge in [0.25, 0.3) is 0 Å². The summed E-state index contributed by atoms with van der Waals surface area (Å²) in [5, 5.41) is 34.9. The van der Waals surface area contributed by atoms with Crippen LogP contribution >= 0.6 is 107 Å². The van der Waals surface area contributed by atoms with Crippen molar-refractivity contribution in [2.24, 2.45) is 0 Å². The van der Waals surface area contributed by atoms with Crippen LogP contribution in [0.5, 0.6) is 23.0 Å². The molecule has 0 aliphatic carbocycles. The first kappa shape index (κ1) is 76.3. The van der Waals surface area contributed by atoms with Gasteiger partial charge in [-0.3, -0.25) is 18.3 Å². The third kappa shape index (κ3) is 26.5. The molecule has 0 radical (unpaired) electrons. The fraction of sp³-hybridized carbons (Fsp3) is 0.143. The number of para-hydroxylation sites is 4. The Morgan fingerprint density at radius 1 is 0.310 bits per heavy atom. The molecule has 4 aromatic rings. The van der Waals surface area contributed by atoms with Crippen molar-refractivity contribution in [1.82, 2.24) is 0 Å². The normalized spacial score (nSPS) is 16.5. The van der Waals surface area contributed by atoms with Crippen molar-refractivity contribution in [2.45, 2.75) is 22.3 Å². The summed E-state index contributed by atoms with van der Waals surface area (Å²) in [5.74, 6) is -1.50. The fourth-order valence-corrected chi connectivity index (χ4v) is 12.6. The van der Waals surface area contributed by atoms with Crippen LogP contribution in [0.1, 0.15) is 0 Å². The van der Waals surface area contributed by atoms with Crippen LogP contribution in [0.3, 0.4) is 0 Å². The molecule has 0 aliphatic rings. The molecule has 0 amide bonds. The minimum absolute atomic E-state index is 0.